The van der Waals surface area contributed by atoms with Crippen LogP contribution in [-0.4, -0.2) is 11.8 Å². The molecule has 1 heterocycles. The van der Waals surface area contributed by atoms with Gasteiger partial charge in [0.05, 0.1) is 0 Å². The maximum absolute atomic E-state index is 11.0. The largest absolute Gasteiger partial charge is 0.387 e. The fourth-order valence-corrected chi connectivity index (χ4v) is 1.14. The minimum absolute atomic E-state index is 0.167. The Hall–Kier alpha value is -0.790. The second-order valence-corrected chi connectivity index (χ2v) is 4.09. The summed E-state index contributed by atoms with van der Waals surface area (Å²) in [5.41, 5.74) is 0.167. The summed E-state index contributed by atoms with van der Waals surface area (Å²) in [6, 6.07) is 0.292. The topological polar surface area (TPSA) is 29.1 Å². The standard InChI is InChI=1S/C9H15NO/c1-9(2,3)8-6-7(11)4-5-10-8/h4-5,8,10H,6H2,1-3H3/t8-/m0/s1. The van der Waals surface area contributed by atoms with E-state index in [9.17, 15) is 4.79 Å². The molecule has 0 spiro atoms. The predicted molar refractivity (Wildman–Crippen MR) is 45.1 cm³/mol. The number of nitrogens with one attached hydrogen (secondary N) is 1. The molecule has 0 radical (unpaired) electrons. The van der Waals surface area contributed by atoms with Crippen LogP contribution in [0.2, 0.25) is 0 Å². The van der Waals surface area contributed by atoms with Crippen LogP contribution in [0.25, 0.3) is 0 Å². The minimum Gasteiger partial charge on any atom is -0.387 e. The van der Waals surface area contributed by atoms with E-state index < -0.39 is 0 Å². The van der Waals surface area contributed by atoms with Gasteiger partial charge in [-0.25, -0.2) is 0 Å². The third-order valence-corrected chi connectivity index (χ3v) is 2.02. The van der Waals surface area contributed by atoms with E-state index in [1.807, 2.05) is 0 Å². The lowest BCUT2D eigenvalue weighted by atomic mass is 9.83. The lowest BCUT2D eigenvalue weighted by molar-refractivity contribution is -0.116. The molecular weight excluding hydrogens is 138 g/mol. The highest BCUT2D eigenvalue weighted by Crippen LogP contribution is 2.23. The lowest BCUT2D eigenvalue weighted by Gasteiger charge is -2.32. The Morgan fingerprint density at radius 1 is 1.55 bits per heavy atom. The van der Waals surface area contributed by atoms with Gasteiger partial charge < -0.3 is 5.32 Å². The van der Waals surface area contributed by atoms with E-state index in [1.165, 1.54) is 0 Å². The highest BCUT2D eigenvalue weighted by Gasteiger charge is 2.26. The fraction of sp³-hybridized carbons (Fsp3) is 0.667. The molecule has 0 fully saturated rings. The summed E-state index contributed by atoms with van der Waals surface area (Å²) in [7, 11) is 0. The van der Waals surface area contributed by atoms with Gasteiger partial charge in [-0.2, -0.15) is 0 Å². The molecule has 1 aliphatic heterocycles. The number of hydrogen-bond acceptors (Lipinski definition) is 2. The molecule has 0 saturated carbocycles. The van der Waals surface area contributed by atoms with Crippen LogP contribution in [0.5, 0.6) is 0 Å². The molecule has 11 heavy (non-hydrogen) atoms. The molecule has 0 aromatic carbocycles. The Bertz CT molecular complexity index is 188. The Labute approximate surface area is 67.7 Å². The van der Waals surface area contributed by atoms with E-state index in [-0.39, 0.29) is 11.2 Å². The van der Waals surface area contributed by atoms with Crippen LogP contribution < -0.4 is 5.32 Å². The molecule has 0 aliphatic carbocycles. The summed E-state index contributed by atoms with van der Waals surface area (Å²) < 4.78 is 0. The highest BCUT2D eigenvalue weighted by atomic mass is 16.1. The van der Waals surface area contributed by atoms with E-state index in [1.54, 1.807) is 12.3 Å². The molecule has 1 rings (SSSR count). The van der Waals surface area contributed by atoms with E-state index in [0.717, 1.165) is 0 Å². The predicted octanol–water partition coefficient (Wildman–Crippen LogP) is 1.48. The molecule has 2 heteroatoms. The van der Waals surface area contributed by atoms with Crippen molar-refractivity contribution in [3.8, 4) is 0 Å². The van der Waals surface area contributed by atoms with Crippen LogP contribution in [0, 0.1) is 5.41 Å². The van der Waals surface area contributed by atoms with Crippen molar-refractivity contribution < 1.29 is 4.79 Å². The van der Waals surface area contributed by atoms with Crippen molar-refractivity contribution >= 4 is 5.78 Å². The monoisotopic (exact) mass is 153 g/mol. The van der Waals surface area contributed by atoms with Crippen molar-refractivity contribution in [1.82, 2.24) is 5.32 Å². The summed E-state index contributed by atoms with van der Waals surface area (Å²) in [6.07, 6.45) is 3.98. The average Bonchev–Trinajstić information content (AvgIpc) is 1.86. The maximum Gasteiger partial charge on any atom is 0.159 e. The Kier molecular flexibility index (Phi) is 2.03. The number of carbonyl (C=O) groups excluding carboxylic acids is 1. The van der Waals surface area contributed by atoms with Crippen LogP contribution in [0.4, 0.5) is 0 Å². The number of ketones is 1. The molecule has 0 aromatic rings. The first-order chi connectivity index (χ1) is 5.00. The van der Waals surface area contributed by atoms with Gasteiger partial charge in [0.15, 0.2) is 5.78 Å². The summed E-state index contributed by atoms with van der Waals surface area (Å²) in [5, 5.41) is 3.19. The summed E-state index contributed by atoms with van der Waals surface area (Å²) in [5.74, 6) is 0.226. The Morgan fingerprint density at radius 3 is 2.55 bits per heavy atom. The zero-order valence-corrected chi connectivity index (χ0v) is 7.35. The summed E-state index contributed by atoms with van der Waals surface area (Å²) in [6.45, 7) is 6.41. The molecule has 1 atom stereocenters. The van der Waals surface area contributed by atoms with Crippen molar-refractivity contribution in [2.24, 2.45) is 5.41 Å². The first-order valence-corrected chi connectivity index (χ1v) is 3.95. The maximum atomic E-state index is 11.0. The van der Waals surface area contributed by atoms with E-state index >= 15 is 0 Å². The van der Waals surface area contributed by atoms with E-state index in [2.05, 4.69) is 26.1 Å². The van der Waals surface area contributed by atoms with Crippen molar-refractivity contribution in [1.29, 1.82) is 0 Å². The van der Waals surface area contributed by atoms with Crippen molar-refractivity contribution in [3.63, 3.8) is 0 Å². The van der Waals surface area contributed by atoms with Gasteiger partial charge in [0.25, 0.3) is 0 Å². The minimum atomic E-state index is 0.167. The molecule has 1 aliphatic rings. The normalized spacial score (nSPS) is 25.0. The van der Waals surface area contributed by atoms with E-state index in [0.29, 0.717) is 12.5 Å². The molecule has 0 saturated heterocycles. The summed E-state index contributed by atoms with van der Waals surface area (Å²) in [4.78, 5) is 11.0. The van der Waals surface area contributed by atoms with Crippen molar-refractivity contribution in [3.05, 3.63) is 12.3 Å². The van der Waals surface area contributed by atoms with Crippen LogP contribution in [-0.2, 0) is 4.79 Å². The van der Waals surface area contributed by atoms with Gasteiger partial charge in [-0.05, 0) is 11.5 Å². The Balaban J connectivity index is 2.64. The number of allylic oxidation sites excluding steroid dienone is 1. The van der Waals surface area contributed by atoms with Gasteiger partial charge in [-0.3, -0.25) is 4.79 Å². The SMILES string of the molecule is CC(C)(C)[C@@H]1CC(=O)C=CN1. The molecule has 0 amide bonds. The van der Waals surface area contributed by atoms with Gasteiger partial charge in [0.1, 0.15) is 0 Å². The third-order valence-electron chi connectivity index (χ3n) is 2.02. The second-order valence-electron chi connectivity index (χ2n) is 4.09. The fourth-order valence-electron chi connectivity index (χ4n) is 1.14. The molecular formula is C9H15NO. The number of rotatable bonds is 0. The van der Waals surface area contributed by atoms with Gasteiger partial charge in [-0.1, -0.05) is 20.8 Å². The molecule has 0 unspecified atom stereocenters. The van der Waals surface area contributed by atoms with Crippen LogP contribution in [0.15, 0.2) is 12.3 Å². The van der Waals surface area contributed by atoms with E-state index in [4.69, 9.17) is 0 Å². The zero-order chi connectivity index (χ0) is 8.48. The van der Waals surface area contributed by atoms with Gasteiger partial charge in [0, 0.05) is 18.7 Å². The van der Waals surface area contributed by atoms with Gasteiger partial charge >= 0.3 is 0 Å². The van der Waals surface area contributed by atoms with Crippen molar-refractivity contribution in [2.45, 2.75) is 33.2 Å². The summed E-state index contributed by atoms with van der Waals surface area (Å²) >= 11 is 0. The molecule has 2 nitrogen and oxygen atoms in total. The second kappa shape index (κ2) is 2.68. The molecule has 62 valence electrons. The average molecular weight is 153 g/mol. The third kappa shape index (κ3) is 2.07. The first kappa shape index (κ1) is 8.31. The van der Waals surface area contributed by atoms with Crippen LogP contribution in [0.3, 0.4) is 0 Å². The Morgan fingerprint density at radius 2 is 2.18 bits per heavy atom. The van der Waals surface area contributed by atoms with Gasteiger partial charge in [-0.15, -0.1) is 0 Å². The van der Waals surface area contributed by atoms with Gasteiger partial charge in [0.2, 0.25) is 0 Å². The zero-order valence-electron chi connectivity index (χ0n) is 7.35. The van der Waals surface area contributed by atoms with Crippen LogP contribution in [0.1, 0.15) is 27.2 Å². The smallest absolute Gasteiger partial charge is 0.159 e. The first-order valence-electron chi connectivity index (χ1n) is 3.95. The quantitative estimate of drug-likeness (QED) is 0.571. The molecule has 1 N–H and O–H groups in total. The number of carbonyl (C=O) groups is 1. The van der Waals surface area contributed by atoms with Crippen LogP contribution >= 0.6 is 0 Å². The molecule has 0 bridgehead atoms. The molecule has 0 aromatic heterocycles. The number of hydrogen-bond donors (Lipinski definition) is 1. The highest BCUT2D eigenvalue weighted by molar-refractivity contribution is 5.90. The lowest BCUT2D eigenvalue weighted by Crippen LogP contribution is -2.41. The van der Waals surface area contributed by atoms with Crippen molar-refractivity contribution in [2.75, 3.05) is 0 Å².